The summed E-state index contributed by atoms with van der Waals surface area (Å²) >= 11 is 0. The number of carbonyl (C=O) groups is 1. The third-order valence-electron chi connectivity index (χ3n) is 2.79. The number of esters is 1. The molecule has 86 valence electrons. The van der Waals surface area contributed by atoms with Crippen LogP contribution >= 0.6 is 0 Å². The lowest BCUT2D eigenvalue weighted by Gasteiger charge is -2.12. The maximum atomic E-state index is 11.1. The first-order chi connectivity index (χ1) is 7.17. The third kappa shape index (κ3) is 3.64. The Kier molecular flexibility index (Phi) is 4.78. The van der Waals surface area contributed by atoms with E-state index < -0.39 is 0 Å². The van der Waals surface area contributed by atoms with Crippen LogP contribution in [0.5, 0.6) is 0 Å². The van der Waals surface area contributed by atoms with Crippen LogP contribution in [0.15, 0.2) is 11.6 Å². The van der Waals surface area contributed by atoms with Gasteiger partial charge in [0.1, 0.15) is 0 Å². The van der Waals surface area contributed by atoms with Gasteiger partial charge in [-0.15, -0.1) is 0 Å². The zero-order chi connectivity index (χ0) is 11.3. The van der Waals surface area contributed by atoms with Crippen molar-refractivity contribution in [3.63, 3.8) is 0 Å². The fourth-order valence-corrected chi connectivity index (χ4v) is 1.74. The number of aliphatic hydroxyl groups is 1. The van der Waals surface area contributed by atoms with Crippen LogP contribution in [0.2, 0.25) is 0 Å². The Labute approximate surface area is 90.5 Å². The summed E-state index contributed by atoms with van der Waals surface area (Å²) in [6, 6.07) is 0. The maximum absolute atomic E-state index is 11.1. The molecule has 0 radical (unpaired) electrons. The third-order valence-corrected chi connectivity index (χ3v) is 2.79. The molecule has 1 atom stereocenters. The van der Waals surface area contributed by atoms with Gasteiger partial charge in [0.15, 0.2) is 0 Å². The second kappa shape index (κ2) is 5.88. The first-order valence-electron chi connectivity index (χ1n) is 5.25. The molecule has 4 heteroatoms. The predicted octanol–water partition coefficient (Wildman–Crippen LogP) is 0.420. The Morgan fingerprint density at radius 2 is 2.40 bits per heavy atom. The van der Waals surface area contributed by atoms with Crippen molar-refractivity contribution in [2.24, 2.45) is 5.92 Å². The smallest absolute Gasteiger partial charge is 0.333 e. The Balaban J connectivity index is 2.34. The summed E-state index contributed by atoms with van der Waals surface area (Å²) in [6.07, 6.45) is 2.92. The molecular weight excluding hydrogens is 194 g/mol. The van der Waals surface area contributed by atoms with E-state index >= 15 is 0 Å². The van der Waals surface area contributed by atoms with Crippen LogP contribution < -0.4 is 0 Å². The summed E-state index contributed by atoms with van der Waals surface area (Å²) in [5.74, 6) is 0.129. The van der Waals surface area contributed by atoms with Gasteiger partial charge in [0, 0.05) is 25.3 Å². The minimum Gasteiger partial charge on any atom is -0.466 e. The van der Waals surface area contributed by atoms with Crippen molar-refractivity contribution in [3.05, 3.63) is 11.6 Å². The van der Waals surface area contributed by atoms with E-state index in [1.54, 1.807) is 6.92 Å². The van der Waals surface area contributed by atoms with Crippen LogP contribution in [-0.4, -0.2) is 49.3 Å². The summed E-state index contributed by atoms with van der Waals surface area (Å²) in [6.45, 7) is 4.69. The van der Waals surface area contributed by atoms with E-state index in [2.05, 4.69) is 9.64 Å². The van der Waals surface area contributed by atoms with Gasteiger partial charge in [-0.1, -0.05) is 6.08 Å². The Bertz CT molecular complexity index is 250. The fourth-order valence-electron chi connectivity index (χ4n) is 1.74. The molecule has 1 rings (SSSR count). The minimum absolute atomic E-state index is 0.260. The van der Waals surface area contributed by atoms with E-state index in [1.807, 2.05) is 6.08 Å². The summed E-state index contributed by atoms with van der Waals surface area (Å²) < 4.78 is 4.60. The summed E-state index contributed by atoms with van der Waals surface area (Å²) in [7, 11) is 1.39. The number of rotatable bonds is 4. The first-order valence-corrected chi connectivity index (χ1v) is 5.25. The van der Waals surface area contributed by atoms with Gasteiger partial charge in [0.25, 0.3) is 0 Å². The zero-order valence-corrected chi connectivity index (χ0v) is 9.40. The normalized spacial score (nSPS) is 23.1. The number of likely N-dealkylation sites (tertiary alicyclic amines) is 1. The second-order valence-corrected chi connectivity index (χ2v) is 3.98. The lowest BCUT2D eigenvalue weighted by atomic mass is 10.1. The van der Waals surface area contributed by atoms with Crippen molar-refractivity contribution < 1.29 is 14.6 Å². The van der Waals surface area contributed by atoms with Gasteiger partial charge in [-0.3, -0.25) is 4.90 Å². The highest BCUT2D eigenvalue weighted by molar-refractivity contribution is 5.87. The van der Waals surface area contributed by atoms with Gasteiger partial charge in [0.05, 0.1) is 7.11 Å². The van der Waals surface area contributed by atoms with Gasteiger partial charge in [-0.05, 0) is 25.8 Å². The van der Waals surface area contributed by atoms with Gasteiger partial charge < -0.3 is 9.84 Å². The van der Waals surface area contributed by atoms with E-state index in [0.717, 1.165) is 26.1 Å². The minimum atomic E-state index is -0.270. The van der Waals surface area contributed by atoms with Crippen LogP contribution in [-0.2, 0) is 9.53 Å². The van der Waals surface area contributed by atoms with Crippen LogP contribution in [0.4, 0.5) is 0 Å². The maximum Gasteiger partial charge on any atom is 0.333 e. The number of hydrogen-bond acceptors (Lipinski definition) is 4. The average Bonchev–Trinajstić information content (AvgIpc) is 2.72. The van der Waals surface area contributed by atoms with Crippen LogP contribution in [0.1, 0.15) is 13.3 Å². The van der Waals surface area contributed by atoms with Crippen molar-refractivity contribution in [1.29, 1.82) is 0 Å². The molecule has 0 aromatic rings. The molecule has 1 unspecified atom stereocenters. The van der Waals surface area contributed by atoms with E-state index in [9.17, 15) is 4.79 Å². The molecular formula is C11H19NO3. The molecule has 4 nitrogen and oxygen atoms in total. The molecule has 0 aliphatic carbocycles. The predicted molar refractivity (Wildman–Crippen MR) is 57.4 cm³/mol. The number of nitrogens with zero attached hydrogens (tertiary/aromatic N) is 1. The highest BCUT2D eigenvalue weighted by atomic mass is 16.5. The summed E-state index contributed by atoms with van der Waals surface area (Å²) in [5.41, 5.74) is 0.643. The molecule has 0 aromatic carbocycles. The van der Waals surface area contributed by atoms with E-state index in [1.165, 1.54) is 7.11 Å². The highest BCUT2D eigenvalue weighted by Crippen LogP contribution is 2.15. The molecule has 15 heavy (non-hydrogen) atoms. The Hall–Kier alpha value is -0.870. The molecule has 0 saturated carbocycles. The second-order valence-electron chi connectivity index (χ2n) is 3.98. The average molecular weight is 213 g/mol. The van der Waals surface area contributed by atoms with Gasteiger partial charge in [0.2, 0.25) is 0 Å². The molecule has 0 amide bonds. The van der Waals surface area contributed by atoms with Crippen LogP contribution in [0, 0.1) is 5.92 Å². The van der Waals surface area contributed by atoms with E-state index in [0.29, 0.717) is 11.5 Å². The topological polar surface area (TPSA) is 49.8 Å². The van der Waals surface area contributed by atoms with Crippen LogP contribution in [0.25, 0.3) is 0 Å². The largest absolute Gasteiger partial charge is 0.466 e. The van der Waals surface area contributed by atoms with Crippen molar-refractivity contribution in [2.75, 3.05) is 33.4 Å². The molecule has 1 aliphatic rings. The SMILES string of the molecule is COC(=O)C(C)=CCN1CCC(CO)C1. The Morgan fingerprint density at radius 1 is 1.67 bits per heavy atom. The molecule has 1 N–H and O–H groups in total. The lowest BCUT2D eigenvalue weighted by molar-refractivity contribution is -0.136. The molecule has 0 bridgehead atoms. The number of hydrogen-bond donors (Lipinski definition) is 1. The highest BCUT2D eigenvalue weighted by Gasteiger charge is 2.20. The number of methoxy groups -OCH3 is 1. The van der Waals surface area contributed by atoms with E-state index in [4.69, 9.17) is 5.11 Å². The van der Waals surface area contributed by atoms with Crippen molar-refractivity contribution >= 4 is 5.97 Å². The number of carbonyl (C=O) groups excluding carboxylic acids is 1. The number of aliphatic hydroxyl groups excluding tert-OH is 1. The van der Waals surface area contributed by atoms with Crippen LogP contribution in [0.3, 0.4) is 0 Å². The summed E-state index contributed by atoms with van der Waals surface area (Å²) in [5, 5.41) is 8.97. The molecule has 1 saturated heterocycles. The van der Waals surface area contributed by atoms with Crippen molar-refractivity contribution in [1.82, 2.24) is 4.90 Å². The zero-order valence-electron chi connectivity index (χ0n) is 9.40. The first kappa shape index (κ1) is 12.2. The molecule has 1 fully saturated rings. The van der Waals surface area contributed by atoms with Crippen molar-refractivity contribution in [3.8, 4) is 0 Å². The summed E-state index contributed by atoms with van der Waals surface area (Å²) in [4.78, 5) is 13.3. The number of ether oxygens (including phenoxy) is 1. The molecule has 0 spiro atoms. The molecule has 1 heterocycles. The van der Waals surface area contributed by atoms with Gasteiger partial charge >= 0.3 is 5.97 Å². The molecule has 1 aliphatic heterocycles. The van der Waals surface area contributed by atoms with E-state index in [-0.39, 0.29) is 12.6 Å². The lowest BCUT2D eigenvalue weighted by Crippen LogP contribution is -2.22. The van der Waals surface area contributed by atoms with Crippen molar-refractivity contribution in [2.45, 2.75) is 13.3 Å². The Morgan fingerprint density at radius 3 is 2.93 bits per heavy atom. The molecule has 0 aromatic heterocycles. The monoisotopic (exact) mass is 213 g/mol. The fraction of sp³-hybridized carbons (Fsp3) is 0.727. The quantitative estimate of drug-likeness (QED) is 0.543. The van der Waals surface area contributed by atoms with Gasteiger partial charge in [-0.2, -0.15) is 0 Å². The van der Waals surface area contributed by atoms with Gasteiger partial charge in [-0.25, -0.2) is 4.79 Å². The standard InChI is InChI=1S/C11H19NO3/c1-9(11(14)15-2)3-5-12-6-4-10(7-12)8-13/h3,10,13H,4-8H2,1-2H3.